The first-order chi connectivity index (χ1) is 28.1. The van der Waals surface area contributed by atoms with Crippen LogP contribution in [0.5, 0.6) is 5.75 Å². The van der Waals surface area contributed by atoms with Crippen LogP contribution in [0.3, 0.4) is 0 Å². The second-order valence-electron chi connectivity index (χ2n) is 17.8. The number of carbonyl (C=O) groups excluding carboxylic acids is 1. The molecule has 0 saturated carbocycles. The van der Waals surface area contributed by atoms with Crippen molar-refractivity contribution < 1.29 is 49.0 Å². The summed E-state index contributed by atoms with van der Waals surface area (Å²) in [5.41, 5.74) is 1.55. The van der Waals surface area contributed by atoms with Crippen LogP contribution in [0.4, 0.5) is 0 Å². The second kappa shape index (κ2) is 23.9. The van der Waals surface area contributed by atoms with Gasteiger partial charge in [-0.3, -0.25) is 4.79 Å². The summed E-state index contributed by atoms with van der Waals surface area (Å²) in [5, 5.41) is 49.6. The lowest BCUT2D eigenvalue weighted by molar-refractivity contribution is -0.304. The van der Waals surface area contributed by atoms with Crippen LogP contribution in [0, 0.1) is 35.5 Å². The van der Waals surface area contributed by atoms with E-state index in [2.05, 4.69) is 30.8 Å². The number of aliphatic hydroxyl groups is 4. The Bertz CT molecular complexity index is 1480. The molecule has 3 unspecified atom stereocenters. The molecule has 4 rings (SSSR count). The number of likely N-dealkylation sites (N-methyl/N-ethyl adjacent to an activating group) is 1. The van der Waals surface area contributed by atoms with E-state index in [1.807, 2.05) is 69.3 Å². The Morgan fingerprint density at radius 3 is 2.29 bits per heavy atom. The van der Waals surface area contributed by atoms with Gasteiger partial charge in [-0.15, -0.1) is 0 Å². The number of esters is 1. The molecular weight excluding hydrogens is 755 g/mol. The zero-order valence-electron chi connectivity index (χ0n) is 37.1. The monoisotopic (exact) mass is 830 g/mol. The molecule has 59 heavy (non-hydrogen) atoms. The van der Waals surface area contributed by atoms with Gasteiger partial charge >= 0.3 is 5.97 Å². The predicted molar refractivity (Wildman–Crippen MR) is 229 cm³/mol. The lowest BCUT2D eigenvalue weighted by Gasteiger charge is -2.47. The minimum Gasteiger partial charge on any atom is -0.490 e. The van der Waals surface area contributed by atoms with Crippen molar-refractivity contribution in [1.29, 1.82) is 0 Å². The van der Waals surface area contributed by atoms with Gasteiger partial charge in [-0.2, -0.15) is 0 Å². The van der Waals surface area contributed by atoms with E-state index in [0.717, 1.165) is 31.0 Å². The van der Waals surface area contributed by atoms with Crippen molar-refractivity contribution in [1.82, 2.24) is 9.80 Å². The average Bonchev–Trinajstić information content (AvgIpc) is 3.18. The van der Waals surface area contributed by atoms with Crippen LogP contribution in [0.2, 0.25) is 0 Å². The molecule has 1 aromatic carbocycles. The summed E-state index contributed by atoms with van der Waals surface area (Å²) in [6.45, 7) is 17.2. The van der Waals surface area contributed by atoms with E-state index in [0.29, 0.717) is 43.4 Å². The largest absolute Gasteiger partial charge is 0.490 e. The van der Waals surface area contributed by atoms with Gasteiger partial charge in [-0.05, 0) is 96.1 Å². The fraction of sp³-hybridized carbons (Fsp3) is 0.739. The molecule has 2 fully saturated rings. The van der Waals surface area contributed by atoms with E-state index >= 15 is 0 Å². The molecule has 0 spiro atoms. The number of ether oxygens (including phenoxy) is 4. The Morgan fingerprint density at radius 1 is 0.949 bits per heavy atom. The van der Waals surface area contributed by atoms with Gasteiger partial charge in [0.25, 0.3) is 0 Å². The number of nitrogens with zero attached hydrogens (tertiary/aromatic N) is 3. The Morgan fingerprint density at radius 2 is 1.64 bits per heavy atom. The molecule has 0 aliphatic carbocycles. The molecule has 13 heteroatoms. The molecule has 3 aliphatic heterocycles. The summed E-state index contributed by atoms with van der Waals surface area (Å²) in [7, 11) is 3.60. The van der Waals surface area contributed by atoms with Crippen LogP contribution in [0.1, 0.15) is 80.6 Å². The maximum absolute atomic E-state index is 13.5. The van der Waals surface area contributed by atoms with Gasteiger partial charge in [-0.1, -0.05) is 75.7 Å². The molecule has 0 radical (unpaired) electrons. The maximum atomic E-state index is 13.5. The number of likely N-dealkylation sites (tertiary alicyclic amines) is 1. The topological polar surface area (TPSA) is 163 Å². The van der Waals surface area contributed by atoms with E-state index in [-0.39, 0.29) is 31.5 Å². The molecule has 4 N–H and O–H groups in total. The number of para-hydroxylation sites is 1. The molecule has 0 amide bonds. The van der Waals surface area contributed by atoms with E-state index in [1.54, 1.807) is 25.9 Å². The molecule has 3 aliphatic rings. The second-order valence-corrected chi connectivity index (χ2v) is 17.8. The molecule has 0 aromatic heterocycles. The number of aliphatic hydroxyl groups excluding tert-OH is 4. The van der Waals surface area contributed by atoms with Crippen molar-refractivity contribution in [3.63, 3.8) is 0 Å². The number of piperidine rings is 1. The normalized spacial score (nSPS) is 38.0. The van der Waals surface area contributed by atoms with Crippen LogP contribution in [0.25, 0.3) is 0 Å². The Hall–Kier alpha value is -2.88. The van der Waals surface area contributed by atoms with E-state index in [1.165, 1.54) is 6.42 Å². The minimum atomic E-state index is -1.20. The van der Waals surface area contributed by atoms with Crippen molar-refractivity contribution in [2.75, 3.05) is 53.6 Å². The first-order valence-corrected chi connectivity index (χ1v) is 21.9. The molecule has 14 atom stereocenters. The highest BCUT2D eigenvalue weighted by molar-refractivity contribution is 5.96. The molecule has 1 aromatic rings. The number of rotatable bonds is 13. The summed E-state index contributed by atoms with van der Waals surface area (Å²) in [4.78, 5) is 23.7. The summed E-state index contributed by atoms with van der Waals surface area (Å²) in [5.74, 6) is -0.145. The molecule has 0 bridgehead atoms. The SMILES string of the molecule is CC[C@H]1OC(=O)C[C@@H](O)[C@H](C)[C@@H](O[C@@H]2O[C@H](C)[C@@H](O)[C@H](N(C)C)[C@@H]2O)[C@@H](CCN2CC(C)CC(C)C2)C[C@@H](C)C(=N\OCCOc2ccccc2)/C=C/C(C)=C/C1CO. The fourth-order valence-corrected chi connectivity index (χ4v) is 9.14. The summed E-state index contributed by atoms with van der Waals surface area (Å²) in [6, 6.07) is 8.88. The number of cyclic esters (lactones) is 1. The molecular formula is C46H75N3O10. The van der Waals surface area contributed by atoms with Gasteiger partial charge in [-0.25, -0.2) is 0 Å². The van der Waals surface area contributed by atoms with Crippen molar-refractivity contribution in [3.8, 4) is 5.75 Å². The van der Waals surface area contributed by atoms with E-state index in [4.69, 9.17) is 23.8 Å². The average molecular weight is 830 g/mol. The number of hydrogen-bond acceptors (Lipinski definition) is 13. The maximum Gasteiger partial charge on any atom is 0.308 e. The van der Waals surface area contributed by atoms with Crippen LogP contribution >= 0.6 is 0 Å². The smallest absolute Gasteiger partial charge is 0.308 e. The number of allylic oxidation sites excluding steroid dienone is 3. The van der Waals surface area contributed by atoms with Gasteiger partial charge in [0, 0.05) is 30.8 Å². The summed E-state index contributed by atoms with van der Waals surface area (Å²) >= 11 is 0. The zero-order chi connectivity index (χ0) is 43.2. The van der Waals surface area contributed by atoms with Crippen LogP contribution in [-0.4, -0.2) is 144 Å². The number of carbonyl (C=O) groups is 1. The zero-order valence-corrected chi connectivity index (χ0v) is 37.1. The lowest BCUT2D eigenvalue weighted by atomic mass is 9.79. The highest BCUT2D eigenvalue weighted by Gasteiger charge is 2.47. The first kappa shape index (κ1) is 48.8. The van der Waals surface area contributed by atoms with Crippen molar-refractivity contribution in [2.45, 2.75) is 130 Å². The molecule has 13 nitrogen and oxygen atoms in total. The van der Waals surface area contributed by atoms with Gasteiger partial charge < -0.3 is 54.0 Å². The van der Waals surface area contributed by atoms with Crippen LogP contribution < -0.4 is 4.74 Å². The Kier molecular flexibility index (Phi) is 19.8. The third-order valence-corrected chi connectivity index (χ3v) is 12.3. The van der Waals surface area contributed by atoms with Crippen molar-refractivity contribution in [3.05, 3.63) is 54.1 Å². The third kappa shape index (κ3) is 14.6. The van der Waals surface area contributed by atoms with Crippen LogP contribution in [0.15, 0.2) is 59.3 Å². The summed E-state index contributed by atoms with van der Waals surface area (Å²) in [6.07, 6.45) is 2.03. The quantitative estimate of drug-likeness (QED) is 0.119. The standard InChI is InChI=1S/C46H75N3O10/c1-10-40-36(28-50)23-29(2)16-17-38(47-56-21-20-55-37-14-12-11-13-15-37)32(5)24-35(18-19-49-26-30(3)22-31(4)27-49)45(33(6)39(51)25-41(52)58-40)59-46-44(54)42(48(8)9)43(53)34(7)57-46/h11-17,23,30-36,39-40,42-46,50-51,53-54H,10,18-22,24-28H2,1-9H3/b17-16+,29-23+,47-38-/t30?,31?,32-,33+,34-,35+,36?,39-,40-,42+,43-,44+,45-,46+/m1/s1. The Labute approximate surface area is 353 Å². The lowest BCUT2D eigenvalue weighted by Crippen LogP contribution is -2.63. The third-order valence-electron chi connectivity index (χ3n) is 12.3. The first-order valence-electron chi connectivity index (χ1n) is 21.9. The highest BCUT2D eigenvalue weighted by Crippen LogP contribution is 2.35. The highest BCUT2D eigenvalue weighted by atomic mass is 16.7. The number of benzene rings is 1. The van der Waals surface area contributed by atoms with Gasteiger partial charge in [0.15, 0.2) is 12.9 Å². The Balaban J connectivity index is 1.75. The number of hydrogen-bond donors (Lipinski definition) is 4. The molecule has 2 saturated heterocycles. The van der Waals surface area contributed by atoms with Gasteiger partial charge in [0.05, 0.1) is 49.2 Å². The van der Waals surface area contributed by atoms with E-state index in [9.17, 15) is 25.2 Å². The van der Waals surface area contributed by atoms with Gasteiger partial charge in [0.2, 0.25) is 0 Å². The van der Waals surface area contributed by atoms with Crippen molar-refractivity contribution >= 4 is 11.7 Å². The fourth-order valence-electron chi connectivity index (χ4n) is 9.14. The number of oxime groups is 1. The minimum absolute atomic E-state index is 0.170. The van der Waals surface area contributed by atoms with Crippen molar-refractivity contribution in [2.24, 2.45) is 40.7 Å². The van der Waals surface area contributed by atoms with E-state index < -0.39 is 66.8 Å². The van der Waals surface area contributed by atoms with Gasteiger partial charge in [0.1, 0.15) is 24.6 Å². The molecule has 334 valence electrons. The van der Waals surface area contributed by atoms with Crippen LogP contribution in [-0.2, 0) is 23.8 Å². The summed E-state index contributed by atoms with van der Waals surface area (Å²) < 4.78 is 24.9. The molecule has 3 heterocycles. The predicted octanol–water partition coefficient (Wildman–Crippen LogP) is 5.06.